The van der Waals surface area contributed by atoms with Gasteiger partial charge in [-0.1, -0.05) is 13.8 Å². The minimum atomic E-state index is -0.350. The lowest BCUT2D eigenvalue weighted by atomic mass is 9.87. The molecule has 0 spiro atoms. The summed E-state index contributed by atoms with van der Waals surface area (Å²) in [5, 5.41) is 0. The smallest absolute Gasteiger partial charge is 0.314 e. The van der Waals surface area contributed by atoms with Crippen molar-refractivity contribution in [3.63, 3.8) is 0 Å². The van der Waals surface area contributed by atoms with Crippen molar-refractivity contribution >= 4 is 11.9 Å². The van der Waals surface area contributed by atoms with Gasteiger partial charge < -0.3 is 9.47 Å². The zero-order valence-electron chi connectivity index (χ0n) is 12.8. The molecule has 0 aromatic heterocycles. The van der Waals surface area contributed by atoms with Crippen LogP contribution in [-0.4, -0.2) is 49.2 Å². The summed E-state index contributed by atoms with van der Waals surface area (Å²) in [7, 11) is 3.45. The molecule has 2 saturated heterocycles. The van der Waals surface area contributed by atoms with Gasteiger partial charge in [-0.3, -0.25) is 14.5 Å². The standard InChI is InChI=1S/C15H25NO4/c1-5-9(2)14(17)20-12-8-10-6-7-11(16(10)3)13(12)15(18)19-4/h9-13H,5-8H2,1-4H3/t9?,10-,11+,12-,13+/m0/s1. The molecule has 5 nitrogen and oxygen atoms in total. The number of fused-ring (bicyclic) bond motifs is 2. The number of piperidine rings is 1. The number of hydrogen-bond acceptors (Lipinski definition) is 5. The fourth-order valence-electron chi connectivity index (χ4n) is 3.42. The normalized spacial score (nSPS) is 34.6. The Morgan fingerprint density at radius 2 is 2.05 bits per heavy atom. The van der Waals surface area contributed by atoms with E-state index in [2.05, 4.69) is 4.90 Å². The van der Waals surface area contributed by atoms with Gasteiger partial charge in [-0.2, -0.15) is 0 Å². The maximum absolute atomic E-state index is 12.1. The largest absolute Gasteiger partial charge is 0.469 e. The van der Waals surface area contributed by atoms with E-state index in [0.717, 1.165) is 25.7 Å². The molecule has 2 heterocycles. The Morgan fingerprint density at radius 3 is 2.65 bits per heavy atom. The van der Waals surface area contributed by atoms with Gasteiger partial charge in [0.05, 0.1) is 13.0 Å². The molecular formula is C15H25NO4. The maximum Gasteiger partial charge on any atom is 0.314 e. The van der Waals surface area contributed by atoms with Crippen LogP contribution in [0.3, 0.4) is 0 Å². The molecule has 2 rings (SSSR count). The molecule has 0 saturated carbocycles. The summed E-state index contributed by atoms with van der Waals surface area (Å²) in [5.41, 5.74) is 0. The van der Waals surface area contributed by atoms with E-state index >= 15 is 0 Å². The number of nitrogens with zero attached hydrogens (tertiary/aromatic N) is 1. The number of carbonyl (C=O) groups excluding carboxylic acids is 2. The van der Waals surface area contributed by atoms with Gasteiger partial charge in [-0.05, 0) is 26.3 Å². The summed E-state index contributed by atoms with van der Waals surface area (Å²) in [6.45, 7) is 3.82. The minimum absolute atomic E-state index is 0.120. The Bertz CT molecular complexity index is 384. The average Bonchev–Trinajstić information content (AvgIpc) is 2.69. The summed E-state index contributed by atoms with van der Waals surface area (Å²) in [4.78, 5) is 26.4. The SMILES string of the molecule is CCC(C)C(=O)O[C@H]1C[C@@H]2CC[C@H]([C@H]1C(=O)OC)N2C. The molecule has 2 aliphatic rings. The minimum Gasteiger partial charge on any atom is -0.469 e. The fourth-order valence-corrected chi connectivity index (χ4v) is 3.42. The fraction of sp³-hybridized carbons (Fsp3) is 0.867. The second-order valence-corrected chi connectivity index (χ2v) is 6.03. The van der Waals surface area contributed by atoms with E-state index in [0.29, 0.717) is 6.04 Å². The van der Waals surface area contributed by atoms with E-state index in [1.54, 1.807) is 0 Å². The molecule has 20 heavy (non-hydrogen) atoms. The molecule has 0 amide bonds. The summed E-state index contributed by atoms with van der Waals surface area (Å²) in [5.74, 6) is -0.929. The Kier molecular flexibility index (Phi) is 4.68. The summed E-state index contributed by atoms with van der Waals surface area (Å²) >= 11 is 0. The summed E-state index contributed by atoms with van der Waals surface area (Å²) in [6.07, 6.45) is 3.18. The first kappa shape index (κ1) is 15.3. The third-order valence-corrected chi connectivity index (χ3v) is 4.97. The predicted molar refractivity (Wildman–Crippen MR) is 74.0 cm³/mol. The third-order valence-electron chi connectivity index (χ3n) is 4.97. The number of rotatable bonds is 4. The molecule has 0 radical (unpaired) electrons. The number of carbonyl (C=O) groups is 2. The van der Waals surface area contributed by atoms with Gasteiger partial charge in [-0.25, -0.2) is 0 Å². The van der Waals surface area contributed by atoms with Crippen LogP contribution in [0.1, 0.15) is 39.5 Å². The Morgan fingerprint density at radius 1 is 1.35 bits per heavy atom. The van der Waals surface area contributed by atoms with Crippen molar-refractivity contribution in [3.05, 3.63) is 0 Å². The highest BCUT2D eigenvalue weighted by Gasteiger charge is 2.51. The molecule has 114 valence electrons. The quantitative estimate of drug-likeness (QED) is 0.734. The van der Waals surface area contributed by atoms with E-state index in [1.165, 1.54) is 7.11 Å². The van der Waals surface area contributed by atoms with Crippen molar-refractivity contribution in [1.29, 1.82) is 0 Å². The molecule has 2 fully saturated rings. The van der Waals surface area contributed by atoms with Crippen molar-refractivity contribution in [2.75, 3.05) is 14.2 Å². The molecule has 0 aliphatic carbocycles. The first-order valence-corrected chi connectivity index (χ1v) is 7.49. The van der Waals surface area contributed by atoms with Crippen LogP contribution in [0.25, 0.3) is 0 Å². The van der Waals surface area contributed by atoms with Crippen LogP contribution in [0, 0.1) is 11.8 Å². The highest BCUT2D eigenvalue weighted by molar-refractivity contribution is 5.76. The Balaban J connectivity index is 2.13. The lowest BCUT2D eigenvalue weighted by Crippen LogP contribution is -2.53. The van der Waals surface area contributed by atoms with Gasteiger partial charge in [0.1, 0.15) is 12.0 Å². The van der Waals surface area contributed by atoms with Crippen LogP contribution < -0.4 is 0 Å². The van der Waals surface area contributed by atoms with Crippen LogP contribution in [0.15, 0.2) is 0 Å². The Labute approximate surface area is 120 Å². The number of hydrogen-bond donors (Lipinski definition) is 0. The average molecular weight is 283 g/mol. The summed E-state index contributed by atoms with van der Waals surface area (Å²) < 4.78 is 10.6. The lowest BCUT2D eigenvalue weighted by Gasteiger charge is -2.41. The van der Waals surface area contributed by atoms with E-state index in [1.807, 2.05) is 20.9 Å². The molecule has 0 N–H and O–H groups in total. The second kappa shape index (κ2) is 6.12. The number of esters is 2. The van der Waals surface area contributed by atoms with Crippen LogP contribution >= 0.6 is 0 Å². The van der Waals surface area contributed by atoms with E-state index in [9.17, 15) is 9.59 Å². The van der Waals surface area contributed by atoms with Crippen molar-refractivity contribution in [1.82, 2.24) is 4.90 Å². The van der Waals surface area contributed by atoms with Crippen molar-refractivity contribution in [3.8, 4) is 0 Å². The third kappa shape index (κ3) is 2.68. The monoisotopic (exact) mass is 283 g/mol. The molecular weight excluding hydrogens is 258 g/mol. The van der Waals surface area contributed by atoms with E-state index < -0.39 is 0 Å². The van der Waals surface area contributed by atoms with Crippen molar-refractivity contribution in [2.45, 2.75) is 57.7 Å². The molecule has 2 bridgehead atoms. The highest BCUT2D eigenvalue weighted by Crippen LogP contribution is 2.40. The van der Waals surface area contributed by atoms with Crippen LogP contribution in [-0.2, 0) is 19.1 Å². The van der Waals surface area contributed by atoms with Crippen LogP contribution in [0.5, 0.6) is 0 Å². The number of ether oxygens (including phenoxy) is 2. The van der Waals surface area contributed by atoms with Gasteiger partial charge >= 0.3 is 11.9 Å². The van der Waals surface area contributed by atoms with Crippen LogP contribution in [0.4, 0.5) is 0 Å². The zero-order valence-corrected chi connectivity index (χ0v) is 12.8. The first-order chi connectivity index (χ1) is 9.49. The molecule has 0 aromatic carbocycles. The van der Waals surface area contributed by atoms with Gasteiger partial charge in [0.15, 0.2) is 0 Å². The molecule has 1 unspecified atom stereocenters. The van der Waals surface area contributed by atoms with Crippen molar-refractivity contribution < 1.29 is 19.1 Å². The summed E-state index contributed by atoms with van der Waals surface area (Å²) in [6, 6.07) is 0.548. The van der Waals surface area contributed by atoms with E-state index in [-0.39, 0.29) is 35.9 Å². The van der Waals surface area contributed by atoms with Gasteiger partial charge in [0.2, 0.25) is 0 Å². The van der Waals surface area contributed by atoms with Gasteiger partial charge in [-0.15, -0.1) is 0 Å². The van der Waals surface area contributed by atoms with Gasteiger partial charge in [0, 0.05) is 18.5 Å². The highest BCUT2D eigenvalue weighted by atomic mass is 16.6. The molecule has 2 aliphatic heterocycles. The lowest BCUT2D eigenvalue weighted by molar-refractivity contribution is -0.171. The number of methoxy groups -OCH3 is 1. The maximum atomic E-state index is 12.1. The topological polar surface area (TPSA) is 55.8 Å². The molecule has 0 aromatic rings. The second-order valence-electron chi connectivity index (χ2n) is 6.03. The molecule has 5 heteroatoms. The first-order valence-electron chi connectivity index (χ1n) is 7.49. The Hall–Kier alpha value is -1.10. The van der Waals surface area contributed by atoms with Gasteiger partial charge in [0.25, 0.3) is 0 Å². The predicted octanol–water partition coefficient (Wildman–Crippen LogP) is 1.60. The zero-order chi connectivity index (χ0) is 14.9. The van der Waals surface area contributed by atoms with E-state index in [4.69, 9.17) is 9.47 Å². The molecule has 5 atom stereocenters. The van der Waals surface area contributed by atoms with Crippen LogP contribution in [0.2, 0.25) is 0 Å². The van der Waals surface area contributed by atoms with Crippen molar-refractivity contribution in [2.24, 2.45) is 11.8 Å².